The highest BCUT2D eigenvalue weighted by Crippen LogP contribution is 2.39. The van der Waals surface area contributed by atoms with E-state index in [1.54, 1.807) is 52.0 Å². The van der Waals surface area contributed by atoms with Crippen molar-refractivity contribution in [2.45, 2.75) is 125 Å². The lowest BCUT2D eigenvalue weighted by molar-refractivity contribution is -0.148. The Morgan fingerprint density at radius 2 is 1.66 bits per heavy atom. The van der Waals surface area contributed by atoms with Crippen molar-refractivity contribution in [2.24, 2.45) is 40.9 Å². The van der Waals surface area contributed by atoms with E-state index in [2.05, 4.69) is 25.6 Å². The molecule has 0 spiro atoms. The van der Waals surface area contributed by atoms with Gasteiger partial charge in [-0.25, -0.2) is 22.7 Å². The maximum atomic E-state index is 15.0. The molecule has 1 aliphatic carbocycles. The van der Waals surface area contributed by atoms with Gasteiger partial charge >= 0.3 is 5.91 Å². The molecule has 0 saturated heterocycles. The molecular weight excluding hydrogens is 938 g/mol. The zero-order valence-electron chi connectivity index (χ0n) is 38.5. The number of hydrogen-bond donors (Lipinski definition) is 5. The summed E-state index contributed by atoms with van der Waals surface area (Å²) < 4.78 is 35.3. The zero-order valence-corrected chi connectivity index (χ0v) is 40.9. The number of nitrogens with zero attached hydrogens (tertiary/aromatic N) is 4. The second kappa shape index (κ2) is 23.2. The number of rotatable bonds is 22. The van der Waals surface area contributed by atoms with Crippen molar-refractivity contribution >= 4 is 85.5 Å². The third-order valence-corrected chi connectivity index (χ3v) is 15.2. The van der Waals surface area contributed by atoms with Crippen molar-refractivity contribution in [2.75, 3.05) is 6.54 Å². The summed E-state index contributed by atoms with van der Waals surface area (Å²) in [6.45, 7) is 6.93. The number of sulfonamides is 1. The van der Waals surface area contributed by atoms with Crippen LogP contribution in [-0.2, 0) is 38.8 Å². The summed E-state index contributed by atoms with van der Waals surface area (Å²) in [6.07, 6.45) is 5.92. The molecule has 0 bridgehead atoms. The van der Waals surface area contributed by atoms with Crippen LogP contribution in [0.3, 0.4) is 0 Å². The Kier molecular flexibility index (Phi) is 18.3. The van der Waals surface area contributed by atoms with Crippen LogP contribution in [0.1, 0.15) is 96.5 Å². The van der Waals surface area contributed by atoms with Crippen LogP contribution in [0.2, 0.25) is 5.02 Å². The number of halogens is 1. The number of imide groups is 1. The summed E-state index contributed by atoms with van der Waals surface area (Å²) in [4.78, 5) is 110. The van der Waals surface area contributed by atoms with Crippen LogP contribution in [0.4, 0.5) is 0 Å². The first-order valence-corrected chi connectivity index (χ1v) is 24.9. The fraction of sp³-hybridized carbons (Fsp3) is 0.478. The number of nitrogens with one attached hydrogen (secondary N) is 2. The monoisotopic (exact) mass is 995 g/mol. The van der Waals surface area contributed by atoms with E-state index in [4.69, 9.17) is 33.2 Å². The molecule has 4 amide bonds. The number of ketones is 3. The quantitative estimate of drug-likeness (QED) is 0.0546. The van der Waals surface area contributed by atoms with E-state index in [-0.39, 0.29) is 50.3 Å². The maximum Gasteiger partial charge on any atom is 0.306 e. The number of aromatic nitrogens is 3. The first kappa shape index (κ1) is 53.5. The molecule has 1 unspecified atom stereocenters. The molecule has 366 valence electrons. The van der Waals surface area contributed by atoms with Gasteiger partial charge in [0.1, 0.15) is 23.8 Å². The van der Waals surface area contributed by atoms with Crippen LogP contribution in [0.15, 0.2) is 80.5 Å². The fourth-order valence-electron chi connectivity index (χ4n) is 7.99. The van der Waals surface area contributed by atoms with Crippen LogP contribution in [-0.4, -0.2) is 98.9 Å². The Morgan fingerprint density at radius 1 is 0.971 bits per heavy atom. The van der Waals surface area contributed by atoms with Gasteiger partial charge in [-0.05, 0) is 92.5 Å². The summed E-state index contributed by atoms with van der Waals surface area (Å²) in [7, 11) is -5.25. The lowest BCUT2D eigenvalue weighted by Crippen LogP contribution is -2.63. The third kappa shape index (κ3) is 12.8. The highest BCUT2D eigenvalue weighted by Gasteiger charge is 2.52. The Bertz CT molecular complexity index is 2590. The number of hydrogen-bond acceptors (Lipinski definition) is 17. The van der Waals surface area contributed by atoms with Gasteiger partial charge in [0.15, 0.2) is 17.1 Å². The molecule has 2 aromatic carbocycles. The number of para-hydroxylation sites is 2. The summed E-state index contributed by atoms with van der Waals surface area (Å²) in [5.74, 6) is -11.2. The van der Waals surface area contributed by atoms with Crippen molar-refractivity contribution in [1.82, 2.24) is 29.9 Å². The lowest BCUT2D eigenvalue weighted by Gasteiger charge is -2.41. The Balaban J connectivity index is 1.55. The minimum absolute atomic E-state index is 0.00868. The predicted octanol–water partition coefficient (Wildman–Crippen LogP) is 4.14. The molecule has 22 heteroatoms. The summed E-state index contributed by atoms with van der Waals surface area (Å²) >= 11 is 7.62. The van der Waals surface area contributed by atoms with E-state index in [9.17, 15) is 37.2 Å². The second-order valence-electron chi connectivity index (χ2n) is 17.6. The van der Waals surface area contributed by atoms with Crippen LogP contribution in [0, 0.1) is 23.7 Å². The highest BCUT2D eigenvalue weighted by molar-refractivity contribution is 7.99. The summed E-state index contributed by atoms with van der Waals surface area (Å²) in [6, 6.07) is 6.62. The smallest absolute Gasteiger partial charge is 0.306 e. The number of amides is 4. The first-order chi connectivity index (χ1) is 32.1. The highest BCUT2D eigenvalue weighted by atomic mass is 35.5. The largest absolute Gasteiger partial charge is 0.431 e. The third-order valence-electron chi connectivity index (χ3n) is 12.1. The van der Waals surface area contributed by atoms with E-state index < -0.39 is 110 Å². The Hall–Kier alpha value is -5.45. The summed E-state index contributed by atoms with van der Waals surface area (Å²) in [5, 5.41) is 4.60. The average Bonchev–Trinajstić information content (AvgIpc) is 3.74. The number of carbonyl (C=O) groups excluding carboxylic acids is 7. The van der Waals surface area contributed by atoms with Gasteiger partial charge in [-0.1, -0.05) is 77.1 Å². The van der Waals surface area contributed by atoms with Crippen LogP contribution in [0.5, 0.6) is 0 Å². The minimum Gasteiger partial charge on any atom is -0.431 e. The summed E-state index contributed by atoms with van der Waals surface area (Å²) in [5.41, 5.74) is 18.0. The van der Waals surface area contributed by atoms with Gasteiger partial charge in [0.25, 0.3) is 21.2 Å². The maximum absolute atomic E-state index is 15.0. The molecule has 1 fully saturated rings. The van der Waals surface area contributed by atoms with Crippen molar-refractivity contribution < 1.29 is 46.4 Å². The lowest BCUT2D eigenvalue weighted by atomic mass is 9.66. The van der Waals surface area contributed by atoms with Crippen LogP contribution >= 0.6 is 23.4 Å². The second-order valence-corrected chi connectivity index (χ2v) is 20.8. The van der Waals surface area contributed by atoms with Gasteiger partial charge in [0.2, 0.25) is 17.6 Å². The molecule has 6 atom stereocenters. The van der Waals surface area contributed by atoms with Crippen molar-refractivity contribution in [3.8, 4) is 0 Å². The van der Waals surface area contributed by atoms with Gasteiger partial charge in [-0.3, -0.25) is 43.9 Å². The van der Waals surface area contributed by atoms with Gasteiger partial charge in [-0.2, -0.15) is 0 Å². The number of benzene rings is 2. The number of carbonyl (C=O) groups is 7. The van der Waals surface area contributed by atoms with Crippen LogP contribution in [0.25, 0.3) is 11.1 Å². The SMILES string of the molecule is CC[C@H](C)[C@H](N)C(=O)C(C[C@@](N)(C(=O)C(=O)N(CC(=O)NC(=O)[C@H](CC(C)C)NC(=O)c1cnccn1)S(=O)(=O)c1ccc(Sc2nc3ccccc3o2)c(Cl)c1)C1CCCCC1)C(=O)[C@H](C)N. The van der Waals surface area contributed by atoms with E-state index in [0.717, 1.165) is 30.3 Å². The van der Waals surface area contributed by atoms with Crippen molar-refractivity contribution in [3.63, 3.8) is 0 Å². The number of oxazole rings is 1. The minimum atomic E-state index is -5.25. The van der Waals surface area contributed by atoms with E-state index in [1.165, 1.54) is 31.6 Å². The molecule has 4 aromatic rings. The predicted molar refractivity (Wildman–Crippen MR) is 252 cm³/mol. The van der Waals surface area contributed by atoms with Gasteiger partial charge in [-0.15, -0.1) is 0 Å². The number of fused-ring (bicyclic) bond motifs is 1. The molecule has 68 heavy (non-hydrogen) atoms. The molecule has 2 heterocycles. The molecule has 0 radical (unpaired) electrons. The van der Waals surface area contributed by atoms with E-state index in [1.807, 2.05) is 0 Å². The molecule has 1 saturated carbocycles. The normalized spacial score (nSPS) is 16.4. The fourth-order valence-corrected chi connectivity index (χ4v) is 10.5. The molecule has 2 aromatic heterocycles. The number of Topliss-reactive ketones (excluding diaryl/α,β-unsaturated/α-hetero) is 3. The Labute approximate surface area is 403 Å². The zero-order chi connectivity index (χ0) is 50.1. The van der Waals surface area contributed by atoms with E-state index in [0.29, 0.717) is 30.4 Å². The molecule has 19 nitrogen and oxygen atoms in total. The van der Waals surface area contributed by atoms with Crippen molar-refractivity contribution in [3.05, 3.63) is 71.8 Å². The first-order valence-electron chi connectivity index (χ1n) is 22.3. The molecule has 8 N–H and O–H groups in total. The molecule has 5 rings (SSSR count). The average molecular weight is 997 g/mol. The topological polar surface area (TPSA) is 311 Å². The van der Waals surface area contributed by atoms with Gasteiger partial charge in [0, 0.05) is 17.3 Å². The Morgan fingerprint density at radius 3 is 2.26 bits per heavy atom. The molecule has 0 aliphatic heterocycles. The van der Waals surface area contributed by atoms with Crippen LogP contribution < -0.4 is 27.8 Å². The molecule has 1 aliphatic rings. The van der Waals surface area contributed by atoms with Gasteiger partial charge in [0.05, 0.1) is 39.7 Å². The number of nitrogens with two attached hydrogens (primary N) is 3. The van der Waals surface area contributed by atoms with Gasteiger partial charge < -0.3 is 26.9 Å². The van der Waals surface area contributed by atoms with Crippen molar-refractivity contribution in [1.29, 1.82) is 0 Å². The van der Waals surface area contributed by atoms with E-state index >= 15 is 4.79 Å². The standard InChI is InChI=1S/C46H58ClN9O10S2/c1-6-26(4)38(49)40(59)30(39(58)27(5)48)22-46(50,28-12-8-7-9-13-28)41(60)44(63)56(24-37(57)55-42(61)33(20-25(2)3)53-43(62)34-23-51-18-19-52-34)68(64,65)29-16-17-36(31(47)21-29)67-45-54-32-14-10-11-15-35(32)66-45/h10-11,14-19,21,23,25-28,30,33,38H,6-9,12-13,20,22,24,48-50H2,1-5H3,(H,53,62)(H,55,57,61)/t26-,27-,30?,33-,38-,46-/m0/s1. The molecular formula is C46H58ClN9O10S2.